The predicted octanol–water partition coefficient (Wildman–Crippen LogP) is 2.56. The highest BCUT2D eigenvalue weighted by Crippen LogP contribution is 2.35. The fourth-order valence-electron chi connectivity index (χ4n) is 5.58. The summed E-state index contributed by atoms with van der Waals surface area (Å²) in [4.78, 5) is 33.5. The minimum absolute atomic E-state index is 0.0586. The Morgan fingerprint density at radius 1 is 1.20 bits per heavy atom. The Labute approximate surface area is 203 Å². The van der Waals surface area contributed by atoms with Gasteiger partial charge in [0.1, 0.15) is 5.82 Å². The van der Waals surface area contributed by atoms with Gasteiger partial charge in [0, 0.05) is 54.4 Å². The van der Waals surface area contributed by atoms with Crippen molar-refractivity contribution >= 4 is 29.2 Å². The van der Waals surface area contributed by atoms with Crippen molar-refractivity contribution in [1.29, 1.82) is 0 Å². The molecule has 2 aromatic rings. The highest BCUT2D eigenvalue weighted by molar-refractivity contribution is 6.34. The summed E-state index contributed by atoms with van der Waals surface area (Å²) in [6.07, 6.45) is 3.10. The van der Waals surface area contributed by atoms with Gasteiger partial charge in [0.15, 0.2) is 0 Å². The van der Waals surface area contributed by atoms with Crippen LogP contribution in [0.4, 0.5) is 10.1 Å². The third kappa shape index (κ3) is 4.17. The van der Waals surface area contributed by atoms with Gasteiger partial charge in [0.2, 0.25) is 0 Å². The number of fused-ring (bicyclic) bond motifs is 1. The fraction of sp³-hybridized carbons (Fsp3) is 0.462. The molecule has 8 nitrogen and oxygen atoms in total. The molecule has 2 saturated heterocycles. The molecule has 0 unspecified atom stereocenters. The number of morpholine rings is 1. The van der Waals surface area contributed by atoms with Crippen LogP contribution in [-0.4, -0.2) is 83.2 Å². The molecule has 3 N–H and O–H groups in total. The maximum Gasteiger partial charge on any atom is 0.256 e. The maximum absolute atomic E-state index is 13.8. The van der Waals surface area contributed by atoms with E-state index in [1.165, 1.54) is 12.1 Å². The number of aryl methyl sites for hydroxylation is 1. The molecule has 1 aromatic carbocycles. The van der Waals surface area contributed by atoms with E-state index in [1.807, 2.05) is 18.7 Å². The number of rotatable bonds is 4. The lowest BCUT2D eigenvalue weighted by Crippen LogP contribution is -2.60. The number of aliphatic hydroxyl groups is 1. The second kappa shape index (κ2) is 9.22. The van der Waals surface area contributed by atoms with Gasteiger partial charge in [-0.05, 0) is 56.5 Å². The van der Waals surface area contributed by atoms with Crippen molar-refractivity contribution in [2.75, 3.05) is 51.3 Å². The molecule has 2 fully saturated rings. The Balaban J connectivity index is 1.37. The van der Waals surface area contributed by atoms with E-state index in [0.717, 1.165) is 24.3 Å². The molecular formula is C26H31FN4O4. The van der Waals surface area contributed by atoms with Crippen LogP contribution >= 0.6 is 0 Å². The number of aromatic nitrogens is 1. The van der Waals surface area contributed by atoms with Gasteiger partial charge in [-0.25, -0.2) is 4.39 Å². The van der Waals surface area contributed by atoms with Crippen LogP contribution in [0.15, 0.2) is 18.2 Å². The van der Waals surface area contributed by atoms with Gasteiger partial charge in [-0.3, -0.25) is 14.5 Å². The minimum atomic E-state index is -0.414. The molecule has 0 spiro atoms. The molecule has 0 atom stereocenters. The smallest absolute Gasteiger partial charge is 0.256 e. The lowest BCUT2D eigenvalue weighted by molar-refractivity contribution is -0.110. The normalized spacial score (nSPS) is 21.3. The molecule has 3 aliphatic rings. The number of hydrogen-bond donors (Lipinski definition) is 3. The van der Waals surface area contributed by atoms with Gasteiger partial charge >= 0.3 is 0 Å². The highest BCUT2D eigenvalue weighted by atomic mass is 19.1. The maximum atomic E-state index is 13.8. The Morgan fingerprint density at radius 2 is 1.91 bits per heavy atom. The van der Waals surface area contributed by atoms with E-state index in [-0.39, 0.29) is 24.0 Å². The number of benzene rings is 1. The lowest BCUT2D eigenvalue weighted by Gasteiger charge is -2.49. The van der Waals surface area contributed by atoms with Crippen molar-refractivity contribution in [3.8, 4) is 0 Å². The number of halogens is 1. The number of amides is 2. The van der Waals surface area contributed by atoms with Gasteiger partial charge in [-0.15, -0.1) is 0 Å². The molecule has 0 aliphatic carbocycles. The van der Waals surface area contributed by atoms with Crippen molar-refractivity contribution in [3.05, 3.63) is 52.1 Å². The van der Waals surface area contributed by atoms with Crippen molar-refractivity contribution in [3.63, 3.8) is 0 Å². The molecule has 0 bridgehead atoms. The van der Waals surface area contributed by atoms with Crippen LogP contribution in [0.1, 0.15) is 45.7 Å². The molecule has 3 aliphatic heterocycles. The number of hydrogen-bond acceptors (Lipinski definition) is 5. The summed E-state index contributed by atoms with van der Waals surface area (Å²) < 4.78 is 19.3. The Kier molecular flexibility index (Phi) is 6.25. The highest BCUT2D eigenvalue weighted by Gasteiger charge is 2.41. The zero-order valence-electron chi connectivity index (χ0n) is 20.1. The van der Waals surface area contributed by atoms with E-state index in [9.17, 15) is 19.1 Å². The van der Waals surface area contributed by atoms with Crippen LogP contribution in [0, 0.1) is 19.7 Å². The van der Waals surface area contributed by atoms with Crippen molar-refractivity contribution in [2.24, 2.45) is 0 Å². The van der Waals surface area contributed by atoms with Crippen LogP contribution < -0.4 is 5.32 Å². The number of piperidine rings is 1. The van der Waals surface area contributed by atoms with Gasteiger partial charge < -0.3 is 25.0 Å². The number of nitrogens with one attached hydrogen (secondary N) is 2. The summed E-state index contributed by atoms with van der Waals surface area (Å²) in [5.74, 6) is -0.774. The molecule has 0 saturated carbocycles. The third-order valence-electron chi connectivity index (χ3n) is 7.70. The Morgan fingerprint density at radius 3 is 2.60 bits per heavy atom. The standard InChI is InChI=1S/C26H31FN4O4/c1-16-22(14-20-19-13-18(27)3-4-21(19)29-24(20)33)28-17(2)23(16)25(34)30-7-5-26(15-32,6-8-30)31-9-11-35-12-10-31/h3-4,13-14,28,32H,5-12,15H2,1-2H3,(H,29,33)/b20-14-. The number of aromatic amines is 1. The molecule has 4 heterocycles. The average molecular weight is 483 g/mol. The van der Waals surface area contributed by atoms with Gasteiger partial charge in [0.25, 0.3) is 11.8 Å². The average Bonchev–Trinajstić information content (AvgIpc) is 3.33. The molecule has 0 radical (unpaired) electrons. The summed E-state index contributed by atoms with van der Waals surface area (Å²) in [6, 6.07) is 4.20. The lowest BCUT2D eigenvalue weighted by atomic mass is 9.85. The Bertz CT molecular complexity index is 1190. The first-order valence-corrected chi connectivity index (χ1v) is 12.1. The van der Waals surface area contributed by atoms with E-state index in [0.29, 0.717) is 67.2 Å². The van der Waals surface area contributed by atoms with E-state index in [2.05, 4.69) is 15.2 Å². The Hall–Kier alpha value is -3.01. The van der Waals surface area contributed by atoms with Crippen molar-refractivity contribution < 1.29 is 23.8 Å². The quantitative estimate of drug-likeness (QED) is 0.582. The first kappa shape index (κ1) is 23.7. The molecule has 1 aromatic heterocycles. The summed E-state index contributed by atoms with van der Waals surface area (Å²) in [7, 11) is 0. The second-order valence-electron chi connectivity index (χ2n) is 9.64. The zero-order chi connectivity index (χ0) is 24.7. The monoisotopic (exact) mass is 482 g/mol. The first-order chi connectivity index (χ1) is 16.8. The largest absolute Gasteiger partial charge is 0.394 e. The van der Waals surface area contributed by atoms with E-state index < -0.39 is 5.82 Å². The van der Waals surface area contributed by atoms with E-state index >= 15 is 0 Å². The topological polar surface area (TPSA) is 97.9 Å². The van der Waals surface area contributed by atoms with Gasteiger partial charge in [-0.2, -0.15) is 0 Å². The number of anilines is 1. The number of carbonyl (C=O) groups excluding carboxylic acids is 2. The van der Waals surface area contributed by atoms with Crippen LogP contribution in [0.25, 0.3) is 11.6 Å². The number of aliphatic hydroxyl groups excluding tert-OH is 1. The molecule has 2 amide bonds. The number of carbonyl (C=O) groups is 2. The summed E-state index contributed by atoms with van der Waals surface area (Å²) in [6.45, 7) is 7.82. The van der Waals surface area contributed by atoms with Crippen molar-refractivity contribution in [2.45, 2.75) is 32.2 Å². The van der Waals surface area contributed by atoms with Crippen LogP contribution in [0.3, 0.4) is 0 Å². The summed E-state index contributed by atoms with van der Waals surface area (Å²) in [5, 5.41) is 13.0. The molecule has 186 valence electrons. The fourth-order valence-corrected chi connectivity index (χ4v) is 5.58. The van der Waals surface area contributed by atoms with Crippen molar-refractivity contribution in [1.82, 2.24) is 14.8 Å². The number of ether oxygens (including phenoxy) is 1. The number of nitrogens with zero attached hydrogens (tertiary/aromatic N) is 2. The molecule has 9 heteroatoms. The number of likely N-dealkylation sites (tertiary alicyclic amines) is 1. The third-order valence-corrected chi connectivity index (χ3v) is 7.70. The van der Waals surface area contributed by atoms with Gasteiger partial charge in [0.05, 0.1) is 31.0 Å². The van der Waals surface area contributed by atoms with Crippen LogP contribution in [0.5, 0.6) is 0 Å². The molecule has 5 rings (SSSR count). The van der Waals surface area contributed by atoms with E-state index in [1.54, 1.807) is 12.1 Å². The molecular weight excluding hydrogens is 451 g/mol. The second-order valence-corrected chi connectivity index (χ2v) is 9.64. The number of H-pyrrole nitrogens is 1. The minimum Gasteiger partial charge on any atom is -0.394 e. The zero-order valence-corrected chi connectivity index (χ0v) is 20.1. The summed E-state index contributed by atoms with van der Waals surface area (Å²) in [5.41, 5.74) is 3.86. The van der Waals surface area contributed by atoms with Crippen LogP contribution in [-0.2, 0) is 9.53 Å². The van der Waals surface area contributed by atoms with Gasteiger partial charge in [-0.1, -0.05) is 0 Å². The summed E-state index contributed by atoms with van der Waals surface area (Å²) >= 11 is 0. The van der Waals surface area contributed by atoms with Crippen LogP contribution in [0.2, 0.25) is 0 Å². The molecule has 35 heavy (non-hydrogen) atoms. The predicted molar refractivity (Wildman–Crippen MR) is 131 cm³/mol. The first-order valence-electron chi connectivity index (χ1n) is 12.1. The SMILES string of the molecule is Cc1[nH]c(/C=C2\C(=O)Nc3ccc(F)cc32)c(C)c1C(=O)N1CCC(CO)(N2CCOCC2)CC1. The van der Waals surface area contributed by atoms with E-state index in [4.69, 9.17) is 4.74 Å².